The lowest BCUT2D eigenvalue weighted by Crippen LogP contribution is -2.34. The van der Waals surface area contributed by atoms with Crippen LogP contribution in [0.2, 0.25) is 0 Å². The average Bonchev–Trinajstić information content (AvgIpc) is 2.63. The monoisotopic (exact) mass is 289 g/mol. The molecule has 0 radical (unpaired) electrons. The summed E-state index contributed by atoms with van der Waals surface area (Å²) in [7, 11) is 0. The number of hydrogen-bond acceptors (Lipinski definition) is 3. The van der Waals surface area contributed by atoms with Gasteiger partial charge >= 0.3 is 0 Å². The summed E-state index contributed by atoms with van der Waals surface area (Å²) in [5.41, 5.74) is 7.32. The second-order valence-corrected chi connectivity index (χ2v) is 6.64. The standard InChI is InChI=1S/C17H27N3O/c1-11(2)15-9-13(10-16(18)20-15)17(21)19-14-6-4-5-12(3)7-8-14/h9-12,14H,4-8H2,1-3H3,(H2,18,20)(H,19,21). The van der Waals surface area contributed by atoms with Gasteiger partial charge in [0.15, 0.2) is 0 Å². The highest BCUT2D eigenvalue weighted by Crippen LogP contribution is 2.23. The molecule has 0 aliphatic heterocycles. The predicted octanol–water partition coefficient (Wildman–Crippen LogP) is 3.49. The van der Waals surface area contributed by atoms with E-state index in [4.69, 9.17) is 5.73 Å². The Balaban J connectivity index is 2.06. The number of nitrogens with zero attached hydrogens (tertiary/aromatic N) is 1. The van der Waals surface area contributed by atoms with Gasteiger partial charge in [0.05, 0.1) is 0 Å². The van der Waals surface area contributed by atoms with E-state index in [2.05, 4.69) is 31.1 Å². The van der Waals surface area contributed by atoms with E-state index in [0.717, 1.165) is 24.5 Å². The van der Waals surface area contributed by atoms with Crippen molar-refractivity contribution < 1.29 is 4.79 Å². The van der Waals surface area contributed by atoms with Crippen molar-refractivity contribution in [3.63, 3.8) is 0 Å². The van der Waals surface area contributed by atoms with E-state index >= 15 is 0 Å². The molecule has 2 atom stereocenters. The van der Waals surface area contributed by atoms with Crippen LogP contribution in [0.5, 0.6) is 0 Å². The molecule has 2 rings (SSSR count). The second kappa shape index (κ2) is 6.92. The number of nitrogens with two attached hydrogens (primary N) is 1. The summed E-state index contributed by atoms with van der Waals surface area (Å²) in [6.45, 7) is 6.40. The smallest absolute Gasteiger partial charge is 0.251 e. The van der Waals surface area contributed by atoms with E-state index in [-0.39, 0.29) is 11.8 Å². The summed E-state index contributed by atoms with van der Waals surface area (Å²) in [4.78, 5) is 16.7. The van der Waals surface area contributed by atoms with E-state index in [1.54, 1.807) is 6.07 Å². The summed E-state index contributed by atoms with van der Waals surface area (Å²) in [6, 6.07) is 3.82. The summed E-state index contributed by atoms with van der Waals surface area (Å²) < 4.78 is 0. The van der Waals surface area contributed by atoms with Crippen molar-refractivity contribution in [3.8, 4) is 0 Å². The molecule has 1 aromatic heterocycles. The van der Waals surface area contributed by atoms with E-state index < -0.39 is 0 Å². The maximum atomic E-state index is 12.4. The zero-order chi connectivity index (χ0) is 15.4. The van der Waals surface area contributed by atoms with Gasteiger partial charge in [0.25, 0.3) is 5.91 Å². The van der Waals surface area contributed by atoms with Gasteiger partial charge in [-0.05, 0) is 43.2 Å². The van der Waals surface area contributed by atoms with Crippen LogP contribution in [0.3, 0.4) is 0 Å². The van der Waals surface area contributed by atoms with E-state index in [0.29, 0.717) is 17.4 Å². The minimum Gasteiger partial charge on any atom is -0.384 e. The maximum absolute atomic E-state index is 12.4. The molecule has 1 amide bonds. The first-order chi connectivity index (χ1) is 9.95. The molecule has 4 nitrogen and oxygen atoms in total. The number of hydrogen-bond donors (Lipinski definition) is 2. The molecule has 2 unspecified atom stereocenters. The molecule has 1 aliphatic rings. The fourth-order valence-corrected chi connectivity index (χ4v) is 2.90. The second-order valence-electron chi connectivity index (χ2n) is 6.64. The molecule has 1 fully saturated rings. The molecule has 0 spiro atoms. The number of pyridine rings is 1. The van der Waals surface area contributed by atoms with Gasteiger partial charge in [-0.15, -0.1) is 0 Å². The van der Waals surface area contributed by atoms with Crippen LogP contribution in [0, 0.1) is 5.92 Å². The van der Waals surface area contributed by atoms with Gasteiger partial charge in [0, 0.05) is 17.3 Å². The Morgan fingerprint density at radius 3 is 2.76 bits per heavy atom. The van der Waals surface area contributed by atoms with Crippen molar-refractivity contribution in [2.75, 3.05) is 5.73 Å². The third kappa shape index (κ3) is 4.45. The van der Waals surface area contributed by atoms with Crippen LogP contribution in [0.15, 0.2) is 12.1 Å². The lowest BCUT2D eigenvalue weighted by atomic mass is 10.0. The number of aromatic nitrogens is 1. The molecular weight excluding hydrogens is 262 g/mol. The lowest BCUT2D eigenvalue weighted by molar-refractivity contribution is 0.0933. The molecule has 21 heavy (non-hydrogen) atoms. The molecule has 1 aliphatic carbocycles. The highest BCUT2D eigenvalue weighted by atomic mass is 16.1. The zero-order valence-corrected chi connectivity index (χ0v) is 13.4. The van der Waals surface area contributed by atoms with Crippen LogP contribution in [0.4, 0.5) is 5.82 Å². The number of nitrogens with one attached hydrogen (secondary N) is 1. The Morgan fingerprint density at radius 2 is 2.05 bits per heavy atom. The normalized spacial score (nSPS) is 22.9. The molecule has 1 heterocycles. The Morgan fingerprint density at radius 1 is 1.29 bits per heavy atom. The van der Waals surface area contributed by atoms with Crippen molar-refractivity contribution in [2.24, 2.45) is 5.92 Å². The first kappa shape index (κ1) is 15.8. The van der Waals surface area contributed by atoms with Crippen LogP contribution < -0.4 is 11.1 Å². The van der Waals surface area contributed by atoms with Gasteiger partial charge in [-0.3, -0.25) is 4.79 Å². The molecule has 0 saturated heterocycles. The third-order valence-electron chi connectivity index (χ3n) is 4.31. The Kier molecular flexibility index (Phi) is 5.21. The average molecular weight is 289 g/mol. The summed E-state index contributed by atoms with van der Waals surface area (Å²) in [5.74, 6) is 1.43. The number of anilines is 1. The van der Waals surface area contributed by atoms with Crippen molar-refractivity contribution in [2.45, 2.75) is 64.8 Å². The van der Waals surface area contributed by atoms with Crippen molar-refractivity contribution >= 4 is 11.7 Å². The number of carbonyl (C=O) groups excluding carboxylic acids is 1. The third-order valence-corrected chi connectivity index (χ3v) is 4.31. The zero-order valence-electron chi connectivity index (χ0n) is 13.4. The quantitative estimate of drug-likeness (QED) is 0.837. The van der Waals surface area contributed by atoms with Gasteiger partial charge < -0.3 is 11.1 Å². The summed E-state index contributed by atoms with van der Waals surface area (Å²) >= 11 is 0. The van der Waals surface area contributed by atoms with Crippen molar-refractivity contribution in [1.82, 2.24) is 10.3 Å². The number of carbonyl (C=O) groups is 1. The fourth-order valence-electron chi connectivity index (χ4n) is 2.90. The molecule has 116 valence electrons. The Bertz CT molecular complexity index is 499. The topological polar surface area (TPSA) is 68.0 Å². The lowest BCUT2D eigenvalue weighted by Gasteiger charge is -2.17. The molecule has 4 heteroatoms. The van der Waals surface area contributed by atoms with Crippen molar-refractivity contribution in [3.05, 3.63) is 23.4 Å². The molecular formula is C17H27N3O. The molecule has 1 aromatic rings. The summed E-state index contributed by atoms with van der Waals surface area (Å²) in [5, 5.41) is 3.17. The van der Waals surface area contributed by atoms with Crippen LogP contribution in [0.25, 0.3) is 0 Å². The summed E-state index contributed by atoms with van der Waals surface area (Å²) in [6.07, 6.45) is 5.81. The van der Waals surface area contributed by atoms with Crippen LogP contribution in [-0.4, -0.2) is 16.9 Å². The molecule has 3 N–H and O–H groups in total. The van der Waals surface area contributed by atoms with E-state index in [1.165, 1.54) is 19.3 Å². The largest absolute Gasteiger partial charge is 0.384 e. The molecule has 1 saturated carbocycles. The van der Waals surface area contributed by atoms with Crippen LogP contribution in [0.1, 0.15) is 74.8 Å². The molecule has 0 bridgehead atoms. The van der Waals surface area contributed by atoms with E-state index in [9.17, 15) is 4.79 Å². The number of amides is 1. The van der Waals surface area contributed by atoms with E-state index in [1.807, 2.05) is 6.07 Å². The van der Waals surface area contributed by atoms with Gasteiger partial charge in [-0.25, -0.2) is 4.98 Å². The number of nitrogen functional groups attached to an aromatic ring is 1. The highest BCUT2D eigenvalue weighted by Gasteiger charge is 2.19. The first-order valence-electron chi connectivity index (χ1n) is 8.04. The fraction of sp³-hybridized carbons (Fsp3) is 0.647. The van der Waals surface area contributed by atoms with Crippen LogP contribution in [-0.2, 0) is 0 Å². The van der Waals surface area contributed by atoms with Gasteiger partial charge in [-0.2, -0.15) is 0 Å². The minimum atomic E-state index is -0.0226. The SMILES string of the molecule is CC1CCCC(NC(=O)c2cc(N)nc(C(C)C)c2)CC1. The van der Waals surface area contributed by atoms with Crippen LogP contribution >= 0.6 is 0 Å². The predicted molar refractivity (Wildman–Crippen MR) is 86.2 cm³/mol. The Hall–Kier alpha value is -1.58. The highest BCUT2D eigenvalue weighted by molar-refractivity contribution is 5.95. The number of rotatable bonds is 3. The first-order valence-corrected chi connectivity index (χ1v) is 8.04. The van der Waals surface area contributed by atoms with Crippen molar-refractivity contribution in [1.29, 1.82) is 0 Å². The Labute approximate surface area is 127 Å². The molecule has 0 aromatic carbocycles. The minimum absolute atomic E-state index is 0.0226. The maximum Gasteiger partial charge on any atom is 0.251 e. The van der Waals surface area contributed by atoms with Gasteiger partial charge in [-0.1, -0.05) is 33.6 Å². The van der Waals surface area contributed by atoms with Gasteiger partial charge in [0.2, 0.25) is 0 Å². The van der Waals surface area contributed by atoms with Gasteiger partial charge in [0.1, 0.15) is 5.82 Å².